The highest BCUT2D eigenvalue weighted by atomic mass is 35.5. The Morgan fingerprint density at radius 3 is 2.76 bits per heavy atom. The van der Waals surface area contributed by atoms with Crippen LogP contribution in [0.3, 0.4) is 0 Å². The van der Waals surface area contributed by atoms with Crippen LogP contribution in [-0.2, 0) is 6.54 Å². The van der Waals surface area contributed by atoms with Gasteiger partial charge in [0.25, 0.3) is 0 Å². The van der Waals surface area contributed by atoms with E-state index in [-0.39, 0.29) is 18.2 Å². The molecule has 2 aromatic carbocycles. The largest absolute Gasteiger partial charge is 0.356 e. The number of nitrogens with zero attached hydrogens (tertiary/aromatic N) is 4. The molecule has 1 aliphatic heterocycles. The lowest BCUT2D eigenvalue weighted by Crippen LogP contribution is -2.34. The van der Waals surface area contributed by atoms with E-state index >= 15 is 0 Å². The minimum atomic E-state index is -0.282. The molecule has 4 aromatic rings. The molecule has 0 aliphatic carbocycles. The Kier molecular flexibility index (Phi) is 5.83. The summed E-state index contributed by atoms with van der Waals surface area (Å²) in [5, 5.41) is 5.19. The van der Waals surface area contributed by atoms with Gasteiger partial charge in [-0.25, -0.2) is 9.37 Å². The Morgan fingerprint density at radius 1 is 1.07 bits per heavy atom. The van der Waals surface area contributed by atoms with Crippen LogP contribution in [0, 0.1) is 5.82 Å². The standard InChI is InChI=1S/C22H23FN4O.ClH/c23-17-6-7-18-21(14-17)28-25-22(18)16-8-12-26(13-9-16)10-3-11-27-15-24-19-4-1-2-5-20(19)27;/h1-2,4-7,14-16H,3,8-13H2;1H. The van der Waals surface area contributed by atoms with E-state index in [1.54, 1.807) is 6.07 Å². The Morgan fingerprint density at radius 2 is 1.90 bits per heavy atom. The van der Waals surface area contributed by atoms with E-state index in [0.29, 0.717) is 11.5 Å². The Labute approximate surface area is 174 Å². The average Bonchev–Trinajstić information content (AvgIpc) is 3.33. The number of rotatable bonds is 5. The first kappa shape index (κ1) is 19.9. The van der Waals surface area contributed by atoms with Crippen molar-refractivity contribution in [3.05, 3.63) is 60.3 Å². The maximum atomic E-state index is 13.3. The van der Waals surface area contributed by atoms with Gasteiger partial charge in [0.15, 0.2) is 5.58 Å². The van der Waals surface area contributed by atoms with Gasteiger partial charge in [0.2, 0.25) is 0 Å². The third-order valence-corrected chi connectivity index (χ3v) is 5.84. The van der Waals surface area contributed by atoms with Gasteiger partial charge in [-0.2, -0.15) is 0 Å². The number of imidazole rings is 1. The Bertz CT molecular complexity index is 1100. The predicted octanol–water partition coefficient (Wildman–Crippen LogP) is 5.01. The molecular formula is C22H24ClFN4O. The highest BCUT2D eigenvalue weighted by Crippen LogP contribution is 2.32. The van der Waals surface area contributed by atoms with Gasteiger partial charge >= 0.3 is 0 Å². The fraction of sp³-hybridized carbons (Fsp3) is 0.364. The van der Waals surface area contributed by atoms with Crippen LogP contribution in [0.4, 0.5) is 4.39 Å². The van der Waals surface area contributed by atoms with Crippen molar-refractivity contribution < 1.29 is 8.91 Å². The Hall–Kier alpha value is -2.44. The van der Waals surface area contributed by atoms with E-state index in [1.807, 2.05) is 12.4 Å². The lowest BCUT2D eigenvalue weighted by molar-refractivity contribution is 0.204. The quantitative estimate of drug-likeness (QED) is 0.460. The van der Waals surface area contributed by atoms with Crippen LogP contribution in [0.2, 0.25) is 0 Å². The minimum absolute atomic E-state index is 0. The van der Waals surface area contributed by atoms with Gasteiger partial charge in [0, 0.05) is 23.9 Å². The summed E-state index contributed by atoms with van der Waals surface area (Å²) in [5.74, 6) is 0.108. The summed E-state index contributed by atoms with van der Waals surface area (Å²) in [5.41, 5.74) is 3.79. The fourth-order valence-corrected chi connectivity index (χ4v) is 4.31. The molecular weight excluding hydrogens is 391 g/mol. The molecule has 0 amide bonds. The molecule has 1 aliphatic rings. The van der Waals surface area contributed by atoms with Crippen molar-refractivity contribution in [2.45, 2.75) is 31.7 Å². The normalized spacial score (nSPS) is 15.8. The number of likely N-dealkylation sites (tertiary alicyclic amines) is 1. The molecule has 0 unspecified atom stereocenters. The van der Waals surface area contributed by atoms with Crippen molar-refractivity contribution in [1.29, 1.82) is 0 Å². The summed E-state index contributed by atoms with van der Waals surface area (Å²) in [6.45, 7) is 4.19. The van der Waals surface area contributed by atoms with Crippen molar-refractivity contribution in [2.75, 3.05) is 19.6 Å². The number of halogens is 2. The van der Waals surface area contributed by atoms with Crippen molar-refractivity contribution in [3.63, 3.8) is 0 Å². The van der Waals surface area contributed by atoms with Gasteiger partial charge in [-0.05, 0) is 63.2 Å². The molecule has 0 saturated carbocycles. The van der Waals surface area contributed by atoms with E-state index in [2.05, 4.69) is 37.8 Å². The molecule has 5 nitrogen and oxygen atoms in total. The molecule has 3 heterocycles. The van der Waals surface area contributed by atoms with Gasteiger partial charge in [0.1, 0.15) is 5.82 Å². The van der Waals surface area contributed by atoms with E-state index < -0.39 is 0 Å². The van der Waals surface area contributed by atoms with Gasteiger partial charge in [-0.1, -0.05) is 17.3 Å². The maximum absolute atomic E-state index is 13.3. The van der Waals surface area contributed by atoms with E-state index in [4.69, 9.17) is 4.52 Å². The van der Waals surface area contributed by atoms with Crippen LogP contribution in [0.5, 0.6) is 0 Å². The fourth-order valence-electron chi connectivity index (χ4n) is 4.31. The van der Waals surface area contributed by atoms with Crippen LogP contribution in [0.1, 0.15) is 30.9 Å². The lowest BCUT2D eigenvalue weighted by atomic mass is 9.91. The molecule has 0 bridgehead atoms. The second-order valence-corrected chi connectivity index (χ2v) is 7.60. The third kappa shape index (κ3) is 4.00. The number of piperidine rings is 1. The number of aryl methyl sites for hydroxylation is 1. The second kappa shape index (κ2) is 8.51. The molecule has 1 fully saturated rings. The van der Waals surface area contributed by atoms with E-state index in [9.17, 15) is 4.39 Å². The van der Waals surface area contributed by atoms with Crippen molar-refractivity contribution in [2.24, 2.45) is 0 Å². The lowest BCUT2D eigenvalue weighted by Gasteiger charge is -2.31. The van der Waals surface area contributed by atoms with Crippen LogP contribution < -0.4 is 0 Å². The topological polar surface area (TPSA) is 47.1 Å². The van der Waals surface area contributed by atoms with Crippen LogP contribution >= 0.6 is 12.4 Å². The van der Waals surface area contributed by atoms with Gasteiger partial charge < -0.3 is 14.0 Å². The highest BCUT2D eigenvalue weighted by Gasteiger charge is 2.24. The van der Waals surface area contributed by atoms with Gasteiger partial charge in [0.05, 0.1) is 23.1 Å². The summed E-state index contributed by atoms with van der Waals surface area (Å²) >= 11 is 0. The first-order chi connectivity index (χ1) is 13.8. The van der Waals surface area contributed by atoms with E-state index in [1.165, 1.54) is 17.6 Å². The molecule has 0 radical (unpaired) electrons. The molecule has 0 atom stereocenters. The molecule has 0 spiro atoms. The number of hydrogen-bond donors (Lipinski definition) is 0. The summed E-state index contributed by atoms with van der Waals surface area (Å²) in [6.07, 6.45) is 5.17. The van der Waals surface area contributed by atoms with Crippen LogP contribution in [-0.4, -0.2) is 39.2 Å². The Balaban J connectivity index is 0.00000205. The average molecular weight is 415 g/mol. The SMILES string of the molecule is Cl.Fc1ccc2c(C3CCN(CCCn4cnc5ccccc54)CC3)noc2c1. The zero-order chi connectivity index (χ0) is 18.9. The summed E-state index contributed by atoms with van der Waals surface area (Å²) < 4.78 is 20.9. The van der Waals surface area contributed by atoms with Crippen LogP contribution in [0.25, 0.3) is 22.0 Å². The smallest absolute Gasteiger partial charge is 0.170 e. The first-order valence-corrected chi connectivity index (χ1v) is 9.95. The number of para-hydroxylation sites is 2. The number of aromatic nitrogens is 3. The number of benzene rings is 2. The second-order valence-electron chi connectivity index (χ2n) is 7.60. The molecule has 2 aromatic heterocycles. The van der Waals surface area contributed by atoms with E-state index in [0.717, 1.165) is 62.0 Å². The number of fused-ring (bicyclic) bond motifs is 2. The minimum Gasteiger partial charge on any atom is -0.356 e. The summed E-state index contributed by atoms with van der Waals surface area (Å²) in [4.78, 5) is 6.99. The monoisotopic (exact) mass is 414 g/mol. The molecule has 0 N–H and O–H groups in total. The van der Waals surface area contributed by atoms with Crippen LogP contribution in [0.15, 0.2) is 53.3 Å². The van der Waals surface area contributed by atoms with Crippen molar-refractivity contribution >= 4 is 34.4 Å². The third-order valence-electron chi connectivity index (χ3n) is 5.84. The molecule has 1 saturated heterocycles. The van der Waals surface area contributed by atoms with Crippen molar-refractivity contribution in [3.8, 4) is 0 Å². The maximum Gasteiger partial charge on any atom is 0.170 e. The molecule has 5 rings (SSSR count). The molecule has 152 valence electrons. The van der Waals surface area contributed by atoms with Gasteiger partial charge in [-0.15, -0.1) is 12.4 Å². The first-order valence-electron chi connectivity index (χ1n) is 9.95. The number of hydrogen-bond acceptors (Lipinski definition) is 4. The summed E-state index contributed by atoms with van der Waals surface area (Å²) in [7, 11) is 0. The highest BCUT2D eigenvalue weighted by molar-refractivity contribution is 5.85. The zero-order valence-corrected chi connectivity index (χ0v) is 16.9. The molecule has 7 heteroatoms. The molecule has 29 heavy (non-hydrogen) atoms. The summed E-state index contributed by atoms with van der Waals surface area (Å²) in [6, 6.07) is 13.0. The van der Waals surface area contributed by atoms with Gasteiger partial charge in [-0.3, -0.25) is 0 Å². The zero-order valence-electron chi connectivity index (χ0n) is 16.1. The van der Waals surface area contributed by atoms with Crippen molar-refractivity contribution in [1.82, 2.24) is 19.6 Å². The predicted molar refractivity (Wildman–Crippen MR) is 114 cm³/mol.